The van der Waals surface area contributed by atoms with Gasteiger partial charge in [0, 0.05) is 12.3 Å². The first-order valence-corrected chi connectivity index (χ1v) is 8.32. The largest absolute Gasteiger partial charge is 0.462 e. The number of hydrogen-bond donors (Lipinski definition) is 4. The number of H-pyrrole nitrogens is 1. The van der Waals surface area contributed by atoms with Crippen LogP contribution in [0.5, 0.6) is 0 Å². The van der Waals surface area contributed by atoms with Crippen molar-refractivity contribution in [2.24, 2.45) is 11.7 Å². The number of esters is 1. The van der Waals surface area contributed by atoms with Crippen molar-refractivity contribution in [2.75, 3.05) is 6.61 Å². The highest BCUT2D eigenvalue weighted by atomic mass is 16.6. The van der Waals surface area contributed by atoms with E-state index in [0.29, 0.717) is 11.0 Å². The summed E-state index contributed by atoms with van der Waals surface area (Å²) in [7, 11) is 0. The van der Waals surface area contributed by atoms with Crippen molar-refractivity contribution in [1.82, 2.24) is 9.55 Å². The lowest BCUT2D eigenvalue weighted by Gasteiger charge is -2.26. The lowest BCUT2D eigenvalue weighted by atomic mass is 10.0. The van der Waals surface area contributed by atoms with Gasteiger partial charge in [0.25, 0.3) is 11.3 Å². The lowest BCUT2D eigenvalue weighted by Crippen LogP contribution is -2.50. The Labute approximate surface area is 153 Å². The summed E-state index contributed by atoms with van der Waals surface area (Å²) in [4.78, 5) is 37.0. The number of ether oxygens (including phenoxy) is 2. The van der Waals surface area contributed by atoms with Crippen LogP contribution in [0.1, 0.15) is 20.3 Å². The number of aliphatic hydroxyl groups is 2. The Bertz CT molecular complexity index is 842. The van der Waals surface area contributed by atoms with Gasteiger partial charge in [-0.15, -0.1) is 0 Å². The first kappa shape index (κ1) is 20.8. The molecule has 5 N–H and O–H groups in total. The van der Waals surface area contributed by atoms with Crippen molar-refractivity contribution >= 4 is 5.97 Å². The molecule has 0 radical (unpaired) electrons. The molecule has 5 atom stereocenters. The Morgan fingerprint density at radius 1 is 1.52 bits per heavy atom. The molecule has 2 rings (SSSR count). The van der Waals surface area contributed by atoms with Gasteiger partial charge in [0.05, 0.1) is 0 Å². The fourth-order valence-electron chi connectivity index (χ4n) is 2.84. The van der Waals surface area contributed by atoms with E-state index < -0.39 is 53.9 Å². The van der Waals surface area contributed by atoms with Crippen LogP contribution >= 0.6 is 0 Å². The maximum absolute atomic E-state index is 12.0. The predicted molar refractivity (Wildman–Crippen MR) is 90.2 cm³/mol. The Morgan fingerprint density at radius 3 is 2.74 bits per heavy atom. The third-order valence-electron chi connectivity index (χ3n) is 4.20. The van der Waals surface area contributed by atoms with E-state index in [1.54, 1.807) is 6.07 Å². The average Bonchev–Trinajstić information content (AvgIpc) is 2.84. The normalized spacial score (nSPS) is 28.7. The number of aromatic amines is 1. The molecule has 2 heterocycles. The van der Waals surface area contributed by atoms with Gasteiger partial charge in [0.1, 0.15) is 37.0 Å². The molecule has 11 heteroatoms. The highest BCUT2D eigenvalue weighted by molar-refractivity contribution is 5.75. The number of carbonyl (C=O) groups is 1. The minimum Gasteiger partial charge on any atom is -0.462 e. The van der Waals surface area contributed by atoms with Crippen LogP contribution in [0, 0.1) is 17.2 Å². The van der Waals surface area contributed by atoms with Gasteiger partial charge < -0.3 is 25.4 Å². The van der Waals surface area contributed by atoms with E-state index in [1.807, 2.05) is 18.8 Å². The summed E-state index contributed by atoms with van der Waals surface area (Å²) < 4.78 is 11.1. The number of hydrogen-bond acceptors (Lipinski definition) is 9. The molecular weight excluding hydrogens is 360 g/mol. The number of rotatable bonds is 6. The summed E-state index contributed by atoms with van der Waals surface area (Å²) in [6, 6.07) is 1.74. The second-order valence-electron chi connectivity index (χ2n) is 6.75. The number of nitrogens with zero attached hydrogens (tertiary/aromatic N) is 2. The van der Waals surface area contributed by atoms with Crippen LogP contribution in [-0.2, 0) is 20.0 Å². The predicted octanol–water partition coefficient (Wildman–Crippen LogP) is -2.25. The quantitative estimate of drug-likeness (QED) is 0.395. The molecule has 0 saturated carbocycles. The highest BCUT2D eigenvalue weighted by Crippen LogP contribution is 2.34. The molecule has 1 saturated heterocycles. The van der Waals surface area contributed by atoms with Crippen LogP contribution in [-0.4, -0.2) is 56.7 Å². The van der Waals surface area contributed by atoms with Crippen LogP contribution < -0.4 is 17.0 Å². The molecule has 1 fully saturated rings. The molecule has 0 bridgehead atoms. The van der Waals surface area contributed by atoms with Gasteiger partial charge in [0.2, 0.25) is 0 Å². The zero-order valence-corrected chi connectivity index (χ0v) is 14.9. The fraction of sp³-hybridized carbons (Fsp3) is 0.625. The van der Waals surface area contributed by atoms with Crippen LogP contribution in [0.2, 0.25) is 0 Å². The van der Waals surface area contributed by atoms with Crippen molar-refractivity contribution in [3.05, 3.63) is 33.1 Å². The molecule has 11 nitrogen and oxygen atoms in total. The van der Waals surface area contributed by atoms with Crippen molar-refractivity contribution in [3.63, 3.8) is 0 Å². The molecule has 1 aliphatic rings. The second-order valence-corrected chi connectivity index (χ2v) is 6.75. The van der Waals surface area contributed by atoms with Gasteiger partial charge in [-0.25, -0.2) is 4.79 Å². The van der Waals surface area contributed by atoms with E-state index in [0.717, 1.165) is 12.3 Å². The summed E-state index contributed by atoms with van der Waals surface area (Å²) >= 11 is 0. The van der Waals surface area contributed by atoms with E-state index in [9.17, 15) is 29.9 Å². The van der Waals surface area contributed by atoms with Gasteiger partial charge in [-0.2, -0.15) is 5.26 Å². The zero-order chi connectivity index (χ0) is 20.4. The number of aromatic nitrogens is 2. The Balaban J connectivity index is 2.19. The Morgan fingerprint density at radius 2 is 2.19 bits per heavy atom. The molecule has 2 unspecified atom stereocenters. The molecule has 1 aliphatic heterocycles. The van der Waals surface area contributed by atoms with Crippen molar-refractivity contribution in [3.8, 4) is 6.07 Å². The van der Waals surface area contributed by atoms with E-state index >= 15 is 0 Å². The standard InChI is InChI=1S/C16H22N4O7/c1-8(2)5-9(18)14(24)26-6-10-12(22)13(23)16(7-17,27-10)20-4-3-11(21)19-15(20)25/h3-4,8-10,12-13,22-23H,5-6,18H2,1-2H3,(H,19,21,25)/t9-,10+,12?,13?,16+/m0/s1. The van der Waals surface area contributed by atoms with Gasteiger partial charge in [-0.1, -0.05) is 13.8 Å². The van der Waals surface area contributed by atoms with Gasteiger partial charge in [0.15, 0.2) is 0 Å². The Kier molecular flexibility index (Phi) is 6.17. The summed E-state index contributed by atoms with van der Waals surface area (Å²) in [5.74, 6) is -0.550. The molecule has 148 valence electrons. The summed E-state index contributed by atoms with van der Waals surface area (Å²) in [5.41, 5.74) is 1.70. The maximum Gasteiger partial charge on any atom is 0.331 e. The van der Waals surface area contributed by atoms with Crippen molar-refractivity contribution < 1.29 is 24.5 Å². The van der Waals surface area contributed by atoms with Gasteiger partial charge in [-0.05, 0) is 12.3 Å². The smallest absolute Gasteiger partial charge is 0.331 e. The van der Waals surface area contributed by atoms with E-state index in [-0.39, 0.29) is 5.92 Å². The fourth-order valence-corrected chi connectivity index (χ4v) is 2.84. The van der Waals surface area contributed by atoms with E-state index in [4.69, 9.17) is 15.2 Å². The molecule has 27 heavy (non-hydrogen) atoms. The monoisotopic (exact) mass is 382 g/mol. The minimum absolute atomic E-state index is 0.168. The lowest BCUT2D eigenvalue weighted by molar-refractivity contribution is -0.155. The first-order chi connectivity index (χ1) is 12.6. The Hall–Kier alpha value is -2.52. The maximum atomic E-state index is 12.0. The summed E-state index contributed by atoms with van der Waals surface area (Å²) in [6.45, 7) is 3.29. The molecule has 0 spiro atoms. The van der Waals surface area contributed by atoms with Crippen molar-refractivity contribution in [2.45, 2.75) is 50.3 Å². The number of nitrogens with two attached hydrogens (primary N) is 1. The number of carbonyl (C=O) groups excluding carboxylic acids is 1. The number of nitriles is 1. The molecule has 1 aromatic rings. The first-order valence-electron chi connectivity index (χ1n) is 8.32. The SMILES string of the molecule is CC(C)C[C@H](N)C(=O)OC[C@H]1O[C@@](C#N)(n2ccc(=O)[nH]c2=O)C(O)C1O. The van der Waals surface area contributed by atoms with Crippen LogP contribution in [0.4, 0.5) is 0 Å². The molecule has 0 aliphatic carbocycles. The zero-order valence-electron chi connectivity index (χ0n) is 14.9. The van der Waals surface area contributed by atoms with Crippen LogP contribution in [0.25, 0.3) is 0 Å². The van der Waals surface area contributed by atoms with Crippen molar-refractivity contribution in [1.29, 1.82) is 5.26 Å². The van der Waals surface area contributed by atoms with Gasteiger partial charge in [-0.3, -0.25) is 19.1 Å². The third-order valence-corrected chi connectivity index (χ3v) is 4.20. The highest BCUT2D eigenvalue weighted by Gasteiger charge is 2.57. The van der Waals surface area contributed by atoms with E-state index in [2.05, 4.69) is 0 Å². The van der Waals surface area contributed by atoms with Crippen LogP contribution in [0.15, 0.2) is 21.9 Å². The van der Waals surface area contributed by atoms with E-state index in [1.165, 1.54) is 0 Å². The number of nitrogens with one attached hydrogen (secondary N) is 1. The topological polar surface area (TPSA) is 181 Å². The summed E-state index contributed by atoms with van der Waals surface area (Å²) in [6.07, 6.45) is -3.39. The molecular formula is C16H22N4O7. The van der Waals surface area contributed by atoms with Crippen LogP contribution in [0.3, 0.4) is 0 Å². The average molecular weight is 382 g/mol. The second kappa shape index (κ2) is 8.01. The molecule has 0 amide bonds. The molecule has 0 aromatic carbocycles. The van der Waals surface area contributed by atoms with Gasteiger partial charge >= 0.3 is 11.7 Å². The molecule has 1 aromatic heterocycles. The minimum atomic E-state index is -2.29. The number of aliphatic hydroxyl groups excluding tert-OH is 2. The summed E-state index contributed by atoms with van der Waals surface area (Å²) in [5, 5.41) is 30.0. The third kappa shape index (κ3) is 4.09.